The zero-order chi connectivity index (χ0) is 19.5. The lowest BCUT2D eigenvalue weighted by molar-refractivity contribution is 0.0288. The van der Waals surface area contributed by atoms with Gasteiger partial charge in [-0.05, 0) is 43.1 Å². The minimum atomic E-state index is -0.579. The third-order valence-corrected chi connectivity index (χ3v) is 4.43. The minimum absolute atomic E-state index is 0.0861. The summed E-state index contributed by atoms with van der Waals surface area (Å²) in [6.45, 7) is 7.47. The van der Waals surface area contributed by atoms with Crippen molar-refractivity contribution in [1.29, 1.82) is 0 Å². The number of methoxy groups -OCH3 is 1. The first-order chi connectivity index (χ1) is 12.1. The number of halogens is 1. The van der Waals surface area contributed by atoms with Crippen molar-refractivity contribution in [2.75, 3.05) is 38.7 Å². The molecule has 0 saturated carbocycles. The molecule has 1 saturated heterocycles. The molecule has 26 heavy (non-hydrogen) atoms. The Morgan fingerprint density at radius 3 is 2.69 bits per heavy atom. The number of carbonyl (C=O) groups is 2. The Bertz CT molecular complexity index is 670. The van der Waals surface area contributed by atoms with Gasteiger partial charge in [-0.1, -0.05) is 0 Å². The largest absolute Gasteiger partial charge is 0.444 e. The Balaban J connectivity index is 2.19. The average molecular weight is 432 g/mol. The van der Waals surface area contributed by atoms with Crippen molar-refractivity contribution in [2.24, 2.45) is 5.73 Å². The molecule has 1 atom stereocenters. The van der Waals surface area contributed by atoms with Gasteiger partial charge in [0, 0.05) is 26.7 Å². The van der Waals surface area contributed by atoms with Crippen LogP contribution < -0.4 is 11.1 Å². The maximum Gasteiger partial charge on any atom is 0.410 e. The number of nitrogens with zero attached hydrogens (tertiary/aromatic N) is 3. The van der Waals surface area contributed by atoms with Crippen LogP contribution in [0.25, 0.3) is 0 Å². The highest BCUT2D eigenvalue weighted by atomic mass is 79.9. The summed E-state index contributed by atoms with van der Waals surface area (Å²) < 4.78 is 12.6. The van der Waals surface area contributed by atoms with Gasteiger partial charge in [-0.25, -0.2) is 9.48 Å². The van der Waals surface area contributed by atoms with E-state index in [-0.39, 0.29) is 17.7 Å². The van der Waals surface area contributed by atoms with Gasteiger partial charge in [0.15, 0.2) is 0 Å². The van der Waals surface area contributed by atoms with Crippen LogP contribution in [-0.4, -0.2) is 65.6 Å². The number of anilines is 1. The van der Waals surface area contributed by atoms with Gasteiger partial charge >= 0.3 is 6.09 Å². The molecule has 0 spiro atoms. The molecule has 2 rings (SSSR count). The lowest BCUT2D eigenvalue weighted by Gasteiger charge is -2.24. The number of hydrogen-bond acceptors (Lipinski definition) is 6. The molecule has 0 aliphatic carbocycles. The Labute approximate surface area is 161 Å². The number of amides is 2. The van der Waals surface area contributed by atoms with Gasteiger partial charge in [-0.2, -0.15) is 5.10 Å². The molecule has 0 radical (unpaired) electrons. The maximum atomic E-state index is 12.3. The zero-order valence-electron chi connectivity index (χ0n) is 15.5. The van der Waals surface area contributed by atoms with E-state index in [9.17, 15) is 9.59 Å². The second-order valence-electron chi connectivity index (χ2n) is 7.11. The number of nitrogens with one attached hydrogen (secondary N) is 1. The summed E-state index contributed by atoms with van der Waals surface area (Å²) >= 11 is 3.30. The Hall–Kier alpha value is -1.81. The second-order valence-corrected chi connectivity index (χ2v) is 7.86. The smallest absolute Gasteiger partial charge is 0.410 e. The van der Waals surface area contributed by atoms with E-state index in [1.807, 2.05) is 20.8 Å². The number of aromatic nitrogens is 2. The Kier molecular flexibility index (Phi) is 6.51. The van der Waals surface area contributed by atoms with Crippen LogP contribution in [0.5, 0.6) is 0 Å². The van der Waals surface area contributed by atoms with E-state index in [1.165, 1.54) is 0 Å². The molecule has 0 aromatic carbocycles. The van der Waals surface area contributed by atoms with Gasteiger partial charge in [0.05, 0.1) is 12.6 Å². The molecule has 1 fully saturated rings. The van der Waals surface area contributed by atoms with Gasteiger partial charge in [-0.3, -0.25) is 4.79 Å². The van der Waals surface area contributed by atoms with Crippen molar-refractivity contribution in [3.8, 4) is 0 Å². The van der Waals surface area contributed by atoms with Crippen LogP contribution in [0.3, 0.4) is 0 Å². The molecular weight excluding hydrogens is 406 g/mol. The summed E-state index contributed by atoms with van der Waals surface area (Å²) in [5.41, 5.74) is 5.24. The standard InChI is InChI=1S/C16H26BrN5O4/c1-16(2,3)26-15(24)21-7-5-10(9-21)22-14(19-6-8-25-4)11(13(18)23)12(17)20-22/h10,19H,5-9H2,1-4H3,(H2,18,23)/t10-/m0/s1. The van der Waals surface area contributed by atoms with E-state index >= 15 is 0 Å². The van der Waals surface area contributed by atoms with Gasteiger partial charge in [0.2, 0.25) is 0 Å². The number of rotatable bonds is 6. The fourth-order valence-corrected chi connectivity index (χ4v) is 3.32. The minimum Gasteiger partial charge on any atom is -0.444 e. The molecule has 2 amide bonds. The summed E-state index contributed by atoms with van der Waals surface area (Å²) in [4.78, 5) is 25.7. The fourth-order valence-electron chi connectivity index (χ4n) is 2.76. The van der Waals surface area contributed by atoms with Crippen LogP contribution >= 0.6 is 15.9 Å². The predicted octanol–water partition coefficient (Wildman–Crippen LogP) is 1.98. The van der Waals surface area contributed by atoms with Crippen LogP contribution in [0.4, 0.5) is 10.6 Å². The first-order valence-electron chi connectivity index (χ1n) is 8.42. The summed E-state index contributed by atoms with van der Waals surface area (Å²) in [5, 5.41) is 7.57. The van der Waals surface area contributed by atoms with E-state index in [4.69, 9.17) is 15.2 Å². The average Bonchev–Trinajstić information content (AvgIpc) is 3.10. The van der Waals surface area contributed by atoms with Gasteiger partial charge in [0.1, 0.15) is 21.6 Å². The Morgan fingerprint density at radius 1 is 1.42 bits per heavy atom. The zero-order valence-corrected chi connectivity index (χ0v) is 17.1. The highest BCUT2D eigenvalue weighted by molar-refractivity contribution is 9.10. The van der Waals surface area contributed by atoms with Crippen molar-refractivity contribution in [1.82, 2.24) is 14.7 Å². The highest BCUT2D eigenvalue weighted by Crippen LogP contribution is 2.31. The van der Waals surface area contributed by atoms with E-state index in [2.05, 4.69) is 26.3 Å². The quantitative estimate of drug-likeness (QED) is 0.665. The van der Waals surface area contributed by atoms with Crippen molar-refractivity contribution in [3.05, 3.63) is 10.2 Å². The Morgan fingerprint density at radius 2 is 2.12 bits per heavy atom. The molecule has 1 aromatic rings. The normalized spacial score (nSPS) is 17.4. The molecular formula is C16H26BrN5O4. The second kappa shape index (κ2) is 8.26. The van der Waals surface area contributed by atoms with E-state index in [0.29, 0.717) is 43.1 Å². The third-order valence-electron chi connectivity index (χ3n) is 3.87. The van der Waals surface area contributed by atoms with Gasteiger partial charge < -0.3 is 25.4 Å². The van der Waals surface area contributed by atoms with Crippen molar-refractivity contribution in [2.45, 2.75) is 38.8 Å². The van der Waals surface area contributed by atoms with Crippen LogP contribution in [0.1, 0.15) is 43.6 Å². The number of nitrogens with two attached hydrogens (primary N) is 1. The molecule has 1 aromatic heterocycles. The van der Waals surface area contributed by atoms with Crippen molar-refractivity contribution >= 4 is 33.7 Å². The lowest BCUT2D eigenvalue weighted by atomic mass is 10.2. The highest BCUT2D eigenvalue weighted by Gasteiger charge is 2.34. The van der Waals surface area contributed by atoms with E-state index in [0.717, 1.165) is 0 Å². The first kappa shape index (κ1) is 20.5. The monoisotopic (exact) mass is 431 g/mol. The van der Waals surface area contributed by atoms with Crippen molar-refractivity contribution < 1.29 is 19.1 Å². The molecule has 2 heterocycles. The number of likely N-dealkylation sites (tertiary alicyclic amines) is 1. The molecule has 10 heteroatoms. The van der Waals surface area contributed by atoms with Crippen LogP contribution in [0, 0.1) is 0 Å². The molecule has 0 bridgehead atoms. The van der Waals surface area contributed by atoms with Gasteiger partial charge in [0.25, 0.3) is 5.91 Å². The van der Waals surface area contributed by atoms with Crippen LogP contribution in [0.15, 0.2) is 4.60 Å². The lowest BCUT2D eigenvalue weighted by Crippen LogP contribution is -2.35. The predicted molar refractivity (Wildman–Crippen MR) is 100 cm³/mol. The summed E-state index contributed by atoms with van der Waals surface area (Å²) in [5.74, 6) is -0.0532. The van der Waals surface area contributed by atoms with E-state index in [1.54, 1.807) is 16.7 Å². The summed E-state index contributed by atoms with van der Waals surface area (Å²) in [7, 11) is 1.60. The van der Waals surface area contributed by atoms with Crippen molar-refractivity contribution in [3.63, 3.8) is 0 Å². The molecule has 146 valence electrons. The molecule has 1 aliphatic rings. The number of ether oxygens (including phenoxy) is 2. The SMILES string of the molecule is COCCNc1c(C(N)=O)c(Br)nn1[C@H]1CCN(C(=O)OC(C)(C)C)C1. The summed E-state index contributed by atoms with van der Waals surface area (Å²) in [6, 6.07) is -0.0861. The van der Waals surface area contributed by atoms with Crippen LogP contribution in [-0.2, 0) is 9.47 Å². The topological polar surface area (TPSA) is 112 Å². The molecule has 1 aliphatic heterocycles. The molecule has 3 N–H and O–H groups in total. The van der Waals surface area contributed by atoms with Crippen LogP contribution in [0.2, 0.25) is 0 Å². The maximum absolute atomic E-state index is 12.3. The number of hydrogen-bond donors (Lipinski definition) is 2. The summed E-state index contributed by atoms with van der Waals surface area (Å²) in [6.07, 6.45) is 0.347. The number of carbonyl (C=O) groups excluding carboxylic acids is 2. The third kappa shape index (κ3) is 4.88. The van der Waals surface area contributed by atoms with Gasteiger partial charge in [-0.15, -0.1) is 0 Å². The fraction of sp³-hybridized carbons (Fsp3) is 0.688. The van der Waals surface area contributed by atoms with E-state index < -0.39 is 11.5 Å². The molecule has 0 unspecified atom stereocenters. The number of primary amides is 1. The first-order valence-corrected chi connectivity index (χ1v) is 9.22. The molecule has 9 nitrogen and oxygen atoms in total.